The fraction of sp³-hybridized carbons (Fsp3) is 0.421. The molecular formula is C19H22Cl2N6O2. The first-order chi connectivity index (χ1) is 13.9. The van der Waals surface area contributed by atoms with Crippen molar-refractivity contribution in [2.45, 2.75) is 13.5 Å². The van der Waals surface area contributed by atoms with Crippen molar-refractivity contribution in [3.63, 3.8) is 0 Å². The number of benzene rings is 1. The Morgan fingerprint density at radius 2 is 1.86 bits per heavy atom. The maximum absolute atomic E-state index is 12.7. The van der Waals surface area contributed by atoms with Crippen LogP contribution in [-0.2, 0) is 13.6 Å². The highest BCUT2D eigenvalue weighted by Gasteiger charge is 2.25. The van der Waals surface area contributed by atoms with Crippen LogP contribution in [0.25, 0.3) is 11.2 Å². The van der Waals surface area contributed by atoms with Crippen LogP contribution in [-0.4, -0.2) is 56.7 Å². The summed E-state index contributed by atoms with van der Waals surface area (Å²) in [5.41, 5.74) is 0.581. The van der Waals surface area contributed by atoms with Gasteiger partial charge < -0.3 is 9.80 Å². The number of hydrogen-bond acceptors (Lipinski definition) is 5. The summed E-state index contributed by atoms with van der Waals surface area (Å²) in [5.74, 6) is 0.661. The molecule has 0 radical (unpaired) electrons. The van der Waals surface area contributed by atoms with E-state index in [2.05, 4.69) is 21.7 Å². The lowest BCUT2D eigenvalue weighted by Crippen LogP contribution is -2.47. The molecule has 0 saturated carbocycles. The molecule has 1 aliphatic heterocycles. The molecule has 1 N–H and O–H groups in total. The van der Waals surface area contributed by atoms with Crippen LogP contribution in [0.3, 0.4) is 0 Å². The van der Waals surface area contributed by atoms with Gasteiger partial charge in [-0.1, -0.05) is 36.2 Å². The molecule has 29 heavy (non-hydrogen) atoms. The van der Waals surface area contributed by atoms with Crippen molar-refractivity contribution in [3.05, 3.63) is 54.6 Å². The third-order valence-corrected chi connectivity index (χ3v) is 6.02. The van der Waals surface area contributed by atoms with Gasteiger partial charge in [0.1, 0.15) is 0 Å². The van der Waals surface area contributed by atoms with Gasteiger partial charge in [-0.15, -0.1) is 0 Å². The van der Waals surface area contributed by atoms with Crippen LogP contribution in [0.4, 0.5) is 5.95 Å². The Bertz CT molecular complexity index is 1170. The number of nitrogens with one attached hydrogen (secondary N) is 1. The maximum Gasteiger partial charge on any atom is 0.329 e. The van der Waals surface area contributed by atoms with Gasteiger partial charge in [0.15, 0.2) is 11.2 Å². The molecule has 1 saturated heterocycles. The summed E-state index contributed by atoms with van der Waals surface area (Å²) in [6.45, 7) is 6.89. The molecule has 0 amide bonds. The molecule has 8 nitrogen and oxygen atoms in total. The van der Waals surface area contributed by atoms with Crippen LogP contribution in [0.2, 0.25) is 10.0 Å². The highest BCUT2D eigenvalue weighted by Crippen LogP contribution is 2.26. The quantitative estimate of drug-likeness (QED) is 0.675. The van der Waals surface area contributed by atoms with Gasteiger partial charge in [0.25, 0.3) is 5.56 Å². The number of likely N-dealkylation sites (N-methyl/N-ethyl adjacent to an activating group) is 1. The van der Waals surface area contributed by atoms with E-state index in [0.29, 0.717) is 33.7 Å². The Labute approximate surface area is 177 Å². The highest BCUT2D eigenvalue weighted by molar-refractivity contribution is 6.35. The molecule has 3 heterocycles. The van der Waals surface area contributed by atoms with Crippen LogP contribution in [0.1, 0.15) is 12.5 Å². The van der Waals surface area contributed by atoms with Gasteiger partial charge in [0, 0.05) is 43.3 Å². The monoisotopic (exact) mass is 436 g/mol. The molecule has 4 rings (SSSR count). The predicted octanol–water partition coefficient (Wildman–Crippen LogP) is 1.92. The molecule has 0 atom stereocenters. The SMILES string of the molecule is CCN1CCN(c2nc3c(c(=O)[nH]c(=O)n3C)n2Cc2ccc(Cl)cc2Cl)CC1. The summed E-state index contributed by atoms with van der Waals surface area (Å²) in [5, 5.41) is 1.06. The van der Waals surface area contributed by atoms with Crippen LogP contribution in [0, 0.1) is 0 Å². The number of hydrogen-bond donors (Lipinski definition) is 1. The predicted molar refractivity (Wildman–Crippen MR) is 115 cm³/mol. The van der Waals surface area contributed by atoms with E-state index in [9.17, 15) is 9.59 Å². The third kappa shape index (κ3) is 3.68. The molecule has 154 valence electrons. The average molecular weight is 437 g/mol. The van der Waals surface area contributed by atoms with Gasteiger partial charge >= 0.3 is 5.69 Å². The summed E-state index contributed by atoms with van der Waals surface area (Å²) in [4.78, 5) is 36.4. The van der Waals surface area contributed by atoms with E-state index >= 15 is 0 Å². The molecule has 1 fully saturated rings. The first kappa shape index (κ1) is 20.0. The lowest BCUT2D eigenvalue weighted by Gasteiger charge is -2.34. The summed E-state index contributed by atoms with van der Waals surface area (Å²) >= 11 is 12.4. The number of imidazole rings is 1. The van der Waals surface area contributed by atoms with Crippen molar-refractivity contribution in [1.29, 1.82) is 0 Å². The van der Waals surface area contributed by atoms with E-state index in [4.69, 9.17) is 28.2 Å². The zero-order valence-electron chi connectivity index (χ0n) is 16.3. The van der Waals surface area contributed by atoms with Gasteiger partial charge in [0.05, 0.1) is 6.54 Å². The van der Waals surface area contributed by atoms with Gasteiger partial charge in [0.2, 0.25) is 5.95 Å². The van der Waals surface area contributed by atoms with Crippen LogP contribution >= 0.6 is 23.2 Å². The fourth-order valence-electron chi connectivity index (χ4n) is 3.70. The van der Waals surface area contributed by atoms with E-state index < -0.39 is 11.2 Å². The van der Waals surface area contributed by atoms with Crippen molar-refractivity contribution in [2.24, 2.45) is 7.05 Å². The van der Waals surface area contributed by atoms with Crippen molar-refractivity contribution in [2.75, 3.05) is 37.6 Å². The Morgan fingerprint density at radius 1 is 1.14 bits per heavy atom. The van der Waals surface area contributed by atoms with Gasteiger partial charge in [-0.3, -0.25) is 18.9 Å². The second kappa shape index (κ2) is 7.85. The number of halogens is 2. The minimum absolute atomic E-state index is 0.344. The molecule has 1 aromatic carbocycles. The Morgan fingerprint density at radius 3 is 2.52 bits per heavy atom. The minimum atomic E-state index is -0.487. The normalized spacial score (nSPS) is 15.4. The maximum atomic E-state index is 12.7. The minimum Gasteiger partial charge on any atom is -0.340 e. The molecular weight excluding hydrogens is 415 g/mol. The fourth-order valence-corrected chi connectivity index (χ4v) is 4.17. The second-order valence-corrected chi connectivity index (χ2v) is 7.99. The molecule has 0 aliphatic carbocycles. The van der Waals surface area contributed by atoms with Gasteiger partial charge in [-0.05, 0) is 24.2 Å². The number of H-pyrrole nitrogens is 1. The first-order valence-corrected chi connectivity index (χ1v) is 10.3. The van der Waals surface area contributed by atoms with E-state index in [1.807, 2.05) is 10.6 Å². The number of anilines is 1. The molecule has 0 bridgehead atoms. The zero-order valence-corrected chi connectivity index (χ0v) is 17.8. The van der Waals surface area contributed by atoms with E-state index in [0.717, 1.165) is 38.3 Å². The van der Waals surface area contributed by atoms with Gasteiger partial charge in [-0.25, -0.2) is 4.79 Å². The number of nitrogens with zero attached hydrogens (tertiary/aromatic N) is 5. The molecule has 1 aliphatic rings. The van der Waals surface area contributed by atoms with Gasteiger partial charge in [-0.2, -0.15) is 4.98 Å². The molecule has 10 heteroatoms. The van der Waals surface area contributed by atoms with E-state index in [1.54, 1.807) is 19.2 Å². The Balaban J connectivity index is 1.87. The number of aromatic amines is 1. The number of fused-ring (bicyclic) bond motifs is 1. The van der Waals surface area contributed by atoms with Crippen molar-refractivity contribution in [1.82, 2.24) is 24.0 Å². The zero-order chi connectivity index (χ0) is 20.7. The number of rotatable bonds is 4. The topological polar surface area (TPSA) is 79.2 Å². The highest BCUT2D eigenvalue weighted by atomic mass is 35.5. The molecule has 0 unspecified atom stereocenters. The Kier molecular flexibility index (Phi) is 5.42. The molecule has 2 aromatic heterocycles. The molecule has 3 aromatic rings. The smallest absolute Gasteiger partial charge is 0.329 e. The number of aryl methyl sites for hydroxylation is 1. The number of aromatic nitrogens is 4. The van der Waals surface area contributed by atoms with E-state index in [1.165, 1.54) is 4.57 Å². The van der Waals surface area contributed by atoms with Crippen molar-refractivity contribution < 1.29 is 0 Å². The van der Waals surface area contributed by atoms with Crippen LogP contribution < -0.4 is 16.1 Å². The van der Waals surface area contributed by atoms with Crippen LogP contribution in [0.15, 0.2) is 27.8 Å². The van der Waals surface area contributed by atoms with Crippen molar-refractivity contribution >= 4 is 40.3 Å². The second-order valence-electron chi connectivity index (χ2n) is 7.15. The lowest BCUT2D eigenvalue weighted by molar-refractivity contribution is 0.269. The Hall–Kier alpha value is -2.29. The standard InChI is InChI=1S/C19H22Cl2N6O2/c1-3-25-6-8-26(9-7-25)18-22-16-15(17(28)23-19(29)24(16)2)27(18)11-12-4-5-13(20)10-14(12)21/h4-5,10H,3,6-9,11H2,1-2H3,(H,23,28,29). The average Bonchev–Trinajstić information content (AvgIpc) is 3.08. The summed E-state index contributed by atoms with van der Waals surface area (Å²) in [7, 11) is 1.60. The van der Waals surface area contributed by atoms with Crippen LogP contribution in [0.5, 0.6) is 0 Å². The molecule has 0 spiro atoms. The summed E-state index contributed by atoms with van der Waals surface area (Å²) < 4.78 is 3.20. The first-order valence-electron chi connectivity index (χ1n) is 9.49. The summed E-state index contributed by atoms with van der Waals surface area (Å²) in [6.07, 6.45) is 0. The lowest BCUT2D eigenvalue weighted by atomic mass is 10.2. The third-order valence-electron chi connectivity index (χ3n) is 5.43. The van der Waals surface area contributed by atoms with E-state index in [-0.39, 0.29) is 0 Å². The van der Waals surface area contributed by atoms with Crippen molar-refractivity contribution in [3.8, 4) is 0 Å². The largest absolute Gasteiger partial charge is 0.340 e. The summed E-state index contributed by atoms with van der Waals surface area (Å²) in [6, 6.07) is 5.28. The number of piperazine rings is 1.